The molecule has 1 aromatic carbocycles. The number of aliphatic hydroxyl groups excluding tert-OH is 1. The van der Waals surface area contributed by atoms with E-state index in [-0.39, 0.29) is 18.9 Å². The minimum atomic E-state index is -0.0118. The molecular formula is C12H16ClNO2. The number of carbonyl (C=O) groups excluding carboxylic acids is 1. The summed E-state index contributed by atoms with van der Waals surface area (Å²) in [7, 11) is 0. The summed E-state index contributed by atoms with van der Waals surface area (Å²) in [5.41, 5.74) is 0.825. The standard InChI is InChI=1S/C12H16ClNO2/c1-2-14(7-8-15)12(16)9-10-5-3-4-6-11(10)13/h3-6,15H,2,7-9H2,1H3. The Hall–Kier alpha value is -1.06. The van der Waals surface area contributed by atoms with Crippen LogP contribution in [-0.2, 0) is 11.2 Å². The van der Waals surface area contributed by atoms with Gasteiger partial charge in [0.15, 0.2) is 0 Å². The van der Waals surface area contributed by atoms with Gasteiger partial charge in [-0.1, -0.05) is 29.8 Å². The molecule has 0 fully saturated rings. The third-order valence-electron chi connectivity index (χ3n) is 2.40. The Bertz CT molecular complexity index is 355. The minimum Gasteiger partial charge on any atom is -0.395 e. The van der Waals surface area contributed by atoms with E-state index in [0.717, 1.165) is 5.56 Å². The largest absolute Gasteiger partial charge is 0.395 e. The third kappa shape index (κ3) is 3.51. The lowest BCUT2D eigenvalue weighted by molar-refractivity contribution is -0.130. The van der Waals surface area contributed by atoms with Crippen molar-refractivity contribution < 1.29 is 9.90 Å². The number of nitrogens with zero attached hydrogens (tertiary/aromatic N) is 1. The maximum absolute atomic E-state index is 11.8. The van der Waals surface area contributed by atoms with Crippen molar-refractivity contribution >= 4 is 17.5 Å². The number of hydrogen-bond donors (Lipinski definition) is 1. The molecule has 1 N–H and O–H groups in total. The number of benzene rings is 1. The predicted molar refractivity (Wildman–Crippen MR) is 64.5 cm³/mol. The minimum absolute atomic E-state index is 0.00958. The molecule has 0 aromatic heterocycles. The lowest BCUT2D eigenvalue weighted by atomic mass is 10.1. The highest BCUT2D eigenvalue weighted by molar-refractivity contribution is 6.31. The van der Waals surface area contributed by atoms with Gasteiger partial charge in [0.1, 0.15) is 0 Å². The van der Waals surface area contributed by atoms with Crippen LogP contribution in [0.4, 0.5) is 0 Å². The highest BCUT2D eigenvalue weighted by Crippen LogP contribution is 2.16. The summed E-state index contributed by atoms with van der Waals surface area (Å²) in [6.45, 7) is 2.85. The first-order valence-corrected chi connectivity index (χ1v) is 5.68. The van der Waals surface area contributed by atoms with Crippen molar-refractivity contribution in [1.82, 2.24) is 4.90 Å². The van der Waals surface area contributed by atoms with Crippen LogP contribution in [-0.4, -0.2) is 35.6 Å². The zero-order valence-electron chi connectivity index (χ0n) is 9.32. The van der Waals surface area contributed by atoms with Gasteiger partial charge < -0.3 is 10.0 Å². The number of halogens is 1. The molecule has 0 aliphatic heterocycles. The van der Waals surface area contributed by atoms with E-state index in [9.17, 15) is 4.79 Å². The molecule has 16 heavy (non-hydrogen) atoms. The second-order valence-electron chi connectivity index (χ2n) is 3.47. The normalized spacial score (nSPS) is 10.2. The molecule has 1 rings (SSSR count). The van der Waals surface area contributed by atoms with Gasteiger partial charge in [-0.2, -0.15) is 0 Å². The molecule has 0 saturated carbocycles. The van der Waals surface area contributed by atoms with Crippen LogP contribution in [0, 0.1) is 0 Å². The molecule has 0 aliphatic rings. The van der Waals surface area contributed by atoms with Crippen LogP contribution in [0.15, 0.2) is 24.3 Å². The zero-order valence-corrected chi connectivity index (χ0v) is 10.1. The van der Waals surface area contributed by atoms with Gasteiger partial charge in [-0.3, -0.25) is 4.79 Å². The molecule has 0 spiro atoms. The van der Waals surface area contributed by atoms with Crippen molar-refractivity contribution in [1.29, 1.82) is 0 Å². The molecule has 0 heterocycles. The van der Waals surface area contributed by atoms with Gasteiger partial charge >= 0.3 is 0 Å². The van der Waals surface area contributed by atoms with Crippen molar-refractivity contribution in [2.24, 2.45) is 0 Å². The van der Waals surface area contributed by atoms with Crippen molar-refractivity contribution in [3.8, 4) is 0 Å². The number of hydrogen-bond acceptors (Lipinski definition) is 2. The Morgan fingerprint density at radius 3 is 2.69 bits per heavy atom. The maximum atomic E-state index is 11.8. The Morgan fingerprint density at radius 2 is 2.12 bits per heavy atom. The van der Waals surface area contributed by atoms with Crippen molar-refractivity contribution in [3.63, 3.8) is 0 Å². The van der Waals surface area contributed by atoms with Crippen LogP contribution in [0.5, 0.6) is 0 Å². The number of aliphatic hydroxyl groups is 1. The van der Waals surface area contributed by atoms with Crippen molar-refractivity contribution in [2.45, 2.75) is 13.3 Å². The first kappa shape index (κ1) is 13.0. The van der Waals surface area contributed by atoms with Crippen LogP contribution in [0.25, 0.3) is 0 Å². The van der Waals surface area contributed by atoms with E-state index in [1.807, 2.05) is 25.1 Å². The fourth-order valence-corrected chi connectivity index (χ4v) is 1.70. The molecule has 0 atom stereocenters. The summed E-state index contributed by atoms with van der Waals surface area (Å²) >= 11 is 5.97. The summed E-state index contributed by atoms with van der Waals surface area (Å²) in [5, 5.41) is 9.42. The van der Waals surface area contributed by atoms with Crippen LogP contribution >= 0.6 is 11.6 Å². The Morgan fingerprint density at radius 1 is 1.44 bits per heavy atom. The van der Waals surface area contributed by atoms with Crippen LogP contribution in [0.1, 0.15) is 12.5 Å². The second-order valence-corrected chi connectivity index (χ2v) is 3.87. The lowest BCUT2D eigenvalue weighted by Crippen LogP contribution is -2.34. The average Bonchev–Trinajstić information content (AvgIpc) is 2.29. The van der Waals surface area contributed by atoms with Gasteiger partial charge in [-0.05, 0) is 18.6 Å². The number of likely N-dealkylation sites (N-methyl/N-ethyl adjacent to an activating group) is 1. The fourth-order valence-electron chi connectivity index (χ4n) is 1.50. The van der Waals surface area contributed by atoms with E-state index in [1.165, 1.54) is 0 Å². The van der Waals surface area contributed by atoms with E-state index >= 15 is 0 Å². The Balaban J connectivity index is 2.66. The van der Waals surface area contributed by atoms with Gasteiger partial charge in [-0.15, -0.1) is 0 Å². The molecule has 0 bridgehead atoms. The summed E-state index contributed by atoms with van der Waals surface area (Å²) in [6.07, 6.45) is 0.285. The highest BCUT2D eigenvalue weighted by Gasteiger charge is 2.12. The molecule has 0 saturated heterocycles. The van der Waals surface area contributed by atoms with Crippen LogP contribution < -0.4 is 0 Å². The predicted octanol–water partition coefficient (Wildman–Crippen LogP) is 1.72. The summed E-state index contributed by atoms with van der Waals surface area (Å²) in [4.78, 5) is 13.5. The lowest BCUT2D eigenvalue weighted by Gasteiger charge is -2.19. The summed E-state index contributed by atoms with van der Waals surface area (Å²) in [5.74, 6) is -0.00958. The average molecular weight is 242 g/mol. The first-order valence-electron chi connectivity index (χ1n) is 5.31. The summed E-state index contributed by atoms with van der Waals surface area (Å²) < 4.78 is 0. The van der Waals surface area contributed by atoms with Gasteiger partial charge in [0.2, 0.25) is 5.91 Å². The molecule has 4 heteroatoms. The smallest absolute Gasteiger partial charge is 0.227 e. The highest BCUT2D eigenvalue weighted by atomic mass is 35.5. The van der Waals surface area contributed by atoms with E-state index in [1.54, 1.807) is 11.0 Å². The monoisotopic (exact) mass is 241 g/mol. The molecule has 88 valence electrons. The maximum Gasteiger partial charge on any atom is 0.227 e. The van der Waals surface area contributed by atoms with Crippen molar-refractivity contribution in [2.75, 3.05) is 19.7 Å². The number of rotatable bonds is 5. The Labute approximate surface area is 101 Å². The SMILES string of the molecule is CCN(CCO)C(=O)Cc1ccccc1Cl. The van der Waals surface area contributed by atoms with E-state index < -0.39 is 0 Å². The van der Waals surface area contributed by atoms with Gasteiger partial charge in [0, 0.05) is 18.1 Å². The topological polar surface area (TPSA) is 40.5 Å². The quantitative estimate of drug-likeness (QED) is 0.853. The molecule has 1 amide bonds. The fraction of sp³-hybridized carbons (Fsp3) is 0.417. The molecule has 0 unspecified atom stereocenters. The zero-order chi connectivity index (χ0) is 12.0. The van der Waals surface area contributed by atoms with Crippen LogP contribution in [0.2, 0.25) is 5.02 Å². The van der Waals surface area contributed by atoms with E-state index in [2.05, 4.69) is 0 Å². The number of carbonyl (C=O) groups is 1. The molecule has 3 nitrogen and oxygen atoms in total. The molecule has 1 aromatic rings. The third-order valence-corrected chi connectivity index (χ3v) is 2.77. The van der Waals surface area contributed by atoms with Crippen LogP contribution in [0.3, 0.4) is 0 Å². The number of amides is 1. The van der Waals surface area contributed by atoms with E-state index in [4.69, 9.17) is 16.7 Å². The molecule has 0 radical (unpaired) electrons. The van der Waals surface area contributed by atoms with Gasteiger partial charge in [0.25, 0.3) is 0 Å². The second kappa shape index (κ2) is 6.51. The van der Waals surface area contributed by atoms with Gasteiger partial charge in [-0.25, -0.2) is 0 Å². The Kier molecular flexibility index (Phi) is 5.29. The van der Waals surface area contributed by atoms with Crippen molar-refractivity contribution in [3.05, 3.63) is 34.9 Å². The molecular weight excluding hydrogens is 226 g/mol. The van der Waals surface area contributed by atoms with Gasteiger partial charge in [0.05, 0.1) is 13.0 Å². The molecule has 0 aliphatic carbocycles. The summed E-state index contributed by atoms with van der Waals surface area (Å²) in [6, 6.07) is 7.30. The first-order chi connectivity index (χ1) is 7.69. The van der Waals surface area contributed by atoms with E-state index in [0.29, 0.717) is 18.1 Å².